The van der Waals surface area contributed by atoms with Gasteiger partial charge < -0.3 is 10.3 Å². The second-order valence-electron chi connectivity index (χ2n) is 5.48. The maximum atomic E-state index is 5.69. The van der Waals surface area contributed by atoms with Gasteiger partial charge in [-0.1, -0.05) is 24.3 Å². The monoisotopic (exact) mass is 254 g/mol. The van der Waals surface area contributed by atoms with Gasteiger partial charge >= 0.3 is 0 Å². The summed E-state index contributed by atoms with van der Waals surface area (Å²) in [5.41, 5.74) is 10.2. The van der Waals surface area contributed by atoms with E-state index in [1.165, 1.54) is 25.0 Å². The summed E-state index contributed by atoms with van der Waals surface area (Å²) < 4.78 is 2.39. The zero-order chi connectivity index (χ0) is 13.1. The summed E-state index contributed by atoms with van der Waals surface area (Å²) in [6, 6.07) is 13.3. The van der Waals surface area contributed by atoms with Crippen LogP contribution in [0.4, 0.5) is 0 Å². The van der Waals surface area contributed by atoms with Crippen LogP contribution in [0, 0.1) is 0 Å². The molecular weight excluding hydrogens is 232 g/mol. The third-order valence-electron chi connectivity index (χ3n) is 4.23. The van der Waals surface area contributed by atoms with Crippen LogP contribution in [0.15, 0.2) is 42.6 Å². The number of aryl methyl sites for hydroxylation is 1. The molecule has 1 aromatic carbocycles. The number of benzene rings is 1. The first-order valence-electron chi connectivity index (χ1n) is 7.30. The molecule has 0 saturated heterocycles. The Morgan fingerprint density at radius 3 is 2.95 bits per heavy atom. The predicted molar refractivity (Wildman–Crippen MR) is 79.3 cm³/mol. The lowest BCUT2D eigenvalue weighted by Crippen LogP contribution is -2.17. The number of aromatic nitrogens is 1. The van der Waals surface area contributed by atoms with E-state index in [4.69, 9.17) is 5.73 Å². The molecule has 2 N–H and O–H groups in total. The Morgan fingerprint density at radius 2 is 2.05 bits per heavy atom. The van der Waals surface area contributed by atoms with Crippen molar-refractivity contribution in [2.75, 3.05) is 6.54 Å². The third-order valence-corrected chi connectivity index (χ3v) is 4.23. The van der Waals surface area contributed by atoms with Gasteiger partial charge in [0.05, 0.1) is 0 Å². The maximum Gasteiger partial charge on any atom is 0.0291 e. The van der Waals surface area contributed by atoms with Gasteiger partial charge in [-0.15, -0.1) is 0 Å². The van der Waals surface area contributed by atoms with Crippen molar-refractivity contribution in [2.45, 2.75) is 38.1 Å². The molecule has 3 rings (SSSR count). The van der Waals surface area contributed by atoms with Crippen molar-refractivity contribution in [3.63, 3.8) is 0 Å². The van der Waals surface area contributed by atoms with Crippen LogP contribution in [0.5, 0.6) is 0 Å². The van der Waals surface area contributed by atoms with Crippen LogP contribution in [0.2, 0.25) is 0 Å². The number of nitrogens with zero attached hydrogens (tertiary/aromatic N) is 1. The molecule has 0 amide bonds. The van der Waals surface area contributed by atoms with Crippen LogP contribution in [0.25, 0.3) is 0 Å². The molecule has 2 nitrogen and oxygen atoms in total. The molecule has 2 heteroatoms. The molecule has 1 aliphatic carbocycles. The SMILES string of the molecule is NCCc1cccn1CC1CCCc2ccccc21. The summed E-state index contributed by atoms with van der Waals surface area (Å²) in [7, 11) is 0. The summed E-state index contributed by atoms with van der Waals surface area (Å²) in [5.74, 6) is 0.661. The van der Waals surface area contributed by atoms with E-state index in [0.29, 0.717) is 5.92 Å². The minimum atomic E-state index is 0.661. The fourth-order valence-corrected chi connectivity index (χ4v) is 3.28. The molecule has 2 aromatic rings. The zero-order valence-corrected chi connectivity index (χ0v) is 11.4. The summed E-state index contributed by atoms with van der Waals surface area (Å²) >= 11 is 0. The predicted octanol–water partition coefficient (Wildman–Crippen LogP) is 3.11. The topological polar surface area (TPSA) is 30.9 Å². The average molecular weight is 254 g/mol. The molecule has 0 fully saturated rings. The molecule has 0 radical (unpaired) electrons. The molecular formula is C17H22N2. The van der Waals surface area contributed by atoms with Crippen LogP contribution >= 0.6 is 0 Å². The zero-order valence-electron chi connectivity index (χ0n) is 11.4. The van der Waals surface area contributed by atoms with Gasteiger partial charge in [0.15, 0.2) is 0 Å². The van der Waals surface area contributed by atoms with E-state index < -0.39 is 0 Å². The maximum absolute atomic E-state index is 5.69. The quantitative estimate of drug-likeness (QED) is 0.893. The highest BCUT2D eigenvalue weighted by Crippen LogP contribution is 2.32. The summed E-state index contributed by atoms with van der Waals surface area (Å²) in [6.07, 6.45) is 7.03. The first-order valence-corrected chi connectivity index (χ1v) is 7.30. The van der Waals surface area contributed by atoms with Gasteiger partial charge in [0.2, 0.25) is 0 Å². The molecule has 1 atom stereocenters. The second kappa shape index (κ2) is 5.62. The van der Waals surface area contributed by atoms with Crippen LogP contribution in [-0.2, 0) is 19.4 Å². The van der Waals surface area contributed by atoms with Gasteiger partial charge in [0.1, 0.15) is 0 Å². The molecule has 1 unspecified atom stereocenters. The van der Waals surface area contributed by atoms with Gasteiger partial charge in [0, 0.05) is 24.4 Å². The lowest BCUT2D eigenvalue weighted by Gasteiger charge is -2.26. The highest BCUT2D eigenvalue weighted by atomic mass is 15.0. The fourth-order valence-electron chi connectivity index (χ4n) is 3.28. The molecule has 19 heavy (non-hydrogen) atoms. The third kappa shape index (κ3) is 2.59. The Balaban J connectivity index is 1.82. The van der Waals surface area contributed by atoms with Crippen LogP contribution in [0.1, 0.15) is 35.6 Å². The van der Waals surface area contributed by atoms with Gasteiger partial charge in [-0.2, -0.15) is 0 Å². The van der Waals surface area contributed by atoms with E-state index in [-0.39, 0.29) is 0 Å². The van der Waals surface area contributed by atoms with Crippen molar-refractivity contribution in [1.82, 2.24) is 4.57 Å². The van der Waals surface area contributed by atoms with Gasteiger partial charge in [0.25, 0.3) is 0 Å². The number of fused-ring (bicyclic) bond motifs is 1. The van der Waals surface area contributed by atoms with Crippen molar-refractivity contribution < 1.29 is 0 Å². The summed E-state index contributed by atoms with van der Waals surface area (Å²) in [5, 5.41) is 0. The van der Waals surface area contributed by atoms with Crippen LogP contribution in [-0.4, -0.2) is 11.1 Å². The second-order valence-corrected chi connectivity index (χ2v) is 5.48. The van der Waals surface area contributed by atoms with Crippen molar-refractivity contribution in [3.8, 4) is 0 Å². The van der Waals surface area contributed by atoms with Crippen LogP contribution in [0.3, 0.4) is 0 Å². The minimum Gasteiger partial charge on any atom is -0.351 e. The first-order chi connectivity index (χ1) is 9.38. The number of hydrogen-bond donors (Lipinski definition) is 1. The van der Waals surface area contributed by atoms with E-state index in [9.17, 15) is 0 Å². The fraction of sp³-hybridized carbons (Fsp3) is 0.412. The molecule has 1 aliphatic rings. The lowest BCUT2D eigenvalue weighted by molar-refractivity contribution is 0.476. The highest BCUT2D eigenvalue weighted by Gasteiger charge is 2.20. The smallest absolute Gasteiger partial charge is 0.0291 e. The summed E-state index contributed by atoms with van der Waals surface area (Å²) in [6.45, 7) is 1.82. The van der Waals surface area contributed by atoms with Gasteiger partial charge in [-0.3, -0.25) is 0 Å². The van der Waals surface area contributed by atoms with Crippen molar-refractivity contribution in [2.24, 2.45) is 5.73 Å². The van der Waals surface area contributed by atoms with E-state index in [0.717, 1.165) is 19.5 Å². The normalized spacial score (nSPS) is 18.3. The van der Waals surface area contributed by atoms with E-state index >= 15 is 0 Å². The van der Waals surface area contributed by atoms with Crippen molar-refractivity contribution >= 4 is 0 Å². The standard InChI is InChI=1S/C17H22N2/c18-11-10-16-8-4-12-19(16)13-15-7-3-6-14-5-1-2-9-17(14)15/h1-2,4-5,8-9,12,15H,3,6-7,10-11,13,18H2. The number of rotatable bonds is 4. The average Bonchev–Trinajstić information content (AvgIpc) is 2.87. The summed E-state index contributed by atoms with van der Waals surface area (Å²) in [4.78, 5) is 0. The molecule has 100 valence electrons. The van der Waals surface area contributed by atoms with Crippen molar-refractivity contribution in [3.05, 3.63) is 59.4 Å². The first kappa shape index (κ1) is 12.5. The molecule has 0 saturated carbocycles. The molecule has 1 heterocycles. The molecule has 1 aromatic heterocycles. The minimum absolute atomic E-state index is 0.661. The largest absolute Gasteiger partial charge is 0.351 e. The lowest BCUT2D eigenvalue weighted by atomic mass is 9.83. The van der Waals surface area contributed by atoms with Gasteiger partial charge in [-0.25, -0.2) is 0 Å². The van der Waals surface area contributed by atoms with Crippen LogP contribution < -0.4 is 5.73 Å². The number of hydrogen-bond acceptors (Lipinski definition) is 1. The Hall–Kier alpha value is -1.54. The Bertz CT molecular complexity index is 542. The highest BCUT2D eigenvalue weighted by molar-refractivity contribution is 5.32. The van der Waals surface area contributed by atoms with Crippen molar-refractivity contribution in [1.29, 1.82) is 0 Å². The molecule has 0 spiro atoms. The van der Waals surface area contributed by atoms with E-state index in [1.54, 1.807) is 11.1 Å². The molecule has 0 aliphatic heterocycles. The van der Waals surface area contributed by atoms with Gasteiger partial charge in [-0.05, 0) is 55.5 Å². The number of nitrogens with two attached hydrogens (primary N) is 1. The van der Waals surface area contributed by atoms with E-state index in [2.05, 4.69) is 47.2 Å². The van der Waals surface area contributed by atoms with E-state index in [1.807, 2.05) is 0 Å². The molecule has 0 bridgehead atoms. The Labute approximate surface area is 115 Å². The Morgan fingerprint density at radius 1 is 1.16 bits per heavy atom. The Kier molecular flexibility index (Phi) is 3.69.